The SMILES string of the molecule is COc1c(C(=O)N(C)C)cc(Cl)cc1S(=O)(=O)N1CCN[C@H](C)C1.Cl. The van der Waals surface area contributed by atoms with Crippen molar-refractivity contribution in [2.75, 3.05) is 40.8 Å². The molecule has 1 aromatic rings. The summed E-state index contributed by atoms with van der Waals surface area (Å²) in [6.45, 7) is 3.17. The van der Waals surface area contributed by atoms with Crippen LogP contribution in [0.15, 0.2) is 17.0 Å². The van der Waals surface area contributed by atoms with Crippen LogP contribution in [0.1, 0.15) is 17.3 Å². The molecule has 1 fully saturated rings. The van der Waals surface area contributed by atoms with Crippen molar-refractivity contribution in [3.05, 3.63) is 22.7 Å². The van der Waals surface area contributed by atoms with Gasteiger partial charge in [0, 0.05) is 44.8 Å². The predicted octanol–water partition coefficient (Wildman–Crippen LogP) is 1.45. The third kappa shape index (κ3) is 4.57. The molecule has 0 unspecified atom stereocenters. The first kappa shape index (κ1) is 22.0. The van der Waals surface area contributed by atoms with Gasteiger partial charge in [-0.05, 0) is 19.1 Å². The number of methoxy groups -OCH3 is 1. The fourth-order valence-electron chi connectivity index (χ4n) is 2.62. The van der Waals surface area contributed by atoms with Crippen LogP contribution in [0.2, 0.25) is 5.02 Å². The average Bonchev–Trinajstić information content (AvgIpc) is 2.53. The van der Waals surface area contributed by atoms with Crippen LogP contribution in [0, 0.1) is 0 Å². The molecule has 1 N–H and O–H groups in total. The molecule has 0 spiro atoms. The van der Waals surface area contributed by atoms with Crippen LogP contribution in [0.3, 0.4) is 0 Å². The quantitative estimate of drug-likeness (QED) is 0.810. The van der Waals surface area contributed by atoms with E-state index in [-0.39, 0.29) is 45.6 Å². The highest BCUT2D eigenvalue weighted by atomic mass is 35.5. The number of halogens is 2. The number of ether oxygens (including phenoxy) is 1. The minimum absolute atomic E-state index is 0. The first-order chi connectivity index (χ1) is 11.2. The summed E-state index contributed by atoms with van der Waals surface area (Å²) in [5, 5.41) is 3.37. The molecule has 0 aliphatic carbocycles. The highest BCUT2D eigenvalue weighted by Crippen LogP contribution is 2.34. The molecule has 1 aliphatic heterocycles. The molecule has 0 aromatic heterocycles. The number of nitrogens with one attached hydrogen (secondary N) is 1. The van der Waals surface area contributed by atoms with Gasteiger partial charge >= 0.3 is 0 Å². The Bertz CT molecular complexity index is 741. The van der Waals surface area contributed by atoms with Crippen LogP contribution in [0.25, 0.3) is 0 Å². The van der Waals surface area contributed by atoms with Gasteiger partial charge in [-0.25, -0.2) is 8.42 Å². The molecular weight excluding hydrogens is 389 g/mol. The normalized spacial score (nSPS) is 18.4. The lowest BCUT2D eigenvalue weighted by Crippen LogP contribution is -2.51. The summed E-state index contributed by atoms with van der Waals surface area (Å²) in [6, 6.07) is 2.79. The molecule has 1 amide bonds. The van der Waals surface area contributed by atoms with Crippen molar-refractivity contribution in [3.63, 3.8) is 0 Å². The number of carbonyl (C=O) groups is 1. The number of hydrogen-bond donors (Lipinski definition) is 1. The van der Waals surface area contributed by atoms with E-state index in [1.54, 1.807) is 14.1 Å². The van der Waals surface area contributed by atoms with Crippen LogP contribution < -0.4 is 10.1 Å². The Morgan fingerprint density at radius 2 is 2.04 bits per heavy atom. The van der Waals surface area contributed by atoms with E-state index < -0.39 is 10.0 Å². The molecule has 1 saturated heterocycles. The molecule has 0 saturated carbocycles. The van der Waals surface area contributed by atoms with Crippen molar-refractivity contribution in [2.45, 2.75) is 17.9 Å². The smallest absolute Gasteiger partial charge is 0.257 e. The molecule has 0 bridgehead atoms. The number of carbonyl (C=O) groups excluding carboxylic acids is 1. The van der Waals surface area contributed by atoms with E-state index in [2.05, 4.69) is 5.32 Å². The van der Waals surface area contributed by atoms with Gasteiger partial charge < -0.3 is 15.0 Å². The van der Waals surface area contributed by atoms with E-state index in [1.165, 1.54) is 28.4 Å². The Morgan fingerprint density at radius 1 is 1.40 bits per heavy atom. The molecule has 7 nitrogen and oxygen atoms in total. The third-order valence-corrected chi connectivity index (χ3v) is 5.90. The summed E-state index contributed by atoms with van der Waals surface area (Å²) in [7, 11) is 0.670. The highest BCUT2D eigenvalue weighted by molar-refractivity contribution is 7.89. The maximum atomic E-state index is 13.0. The second-order valence-corrected chi connectivity index (χ2v) is 8.25. The second kappa shape index (κ2) is 8.55. The maximum Gasteiger partial charge on any atom is 0.257 e. The number of piperazine rings is 1. The monoisotopic (exact) mass is 411 g/mol. The summed E-state index contributed by atoms with van der Waals surface area (Å²) in [4.78, 5) is 13.6. The number of hydrogen-bond acceptors (Lipinski definition) is 5. The Kier molecular flexibility index (Phi) is 7.52. The van der Waals surface area contributed by atoms with E-state index in [4.69, 9.17) is 16.3 Å². The lowest BCUT2D eigenvalue weighted by Gasteiger charge is -2.31. The van der Waals surface area contributed by atoms with Gasteiger partial charge in [-0.15, -0.1) is 12.4 Å². The zero-order valence-electron chi connectivity index (χ0n) is 14.6. The molecule has 142 valence electrons. The van der Waals surface area contributed by atoms with Gasteiger partial charge in [0.25, 0.3) is 5.91 Å². The summed E-state index contributed by atoms with van der Waals surface area (Å²) in [5.41, 5.74) is 0.122. The summed E-state index contributed by atoms with van der Waals surface area (Å²) in [6.07, 6.45) is 0. The fourth-order valence-corrected chi connectivity index (χ4v) is 4.64. The molecule has 0 radical (unpaired) electrons. The minimum atomic E-state index is -3.83. The van der Waals surface area contributed by atoms with Gasteiger partial charge in [0.2, 0.25) is 10.0 Å². The van der Waals surface area contributed by atoms with Crippen molar-refractivity contribution in [1.29, 1.82) is 0 Å². The summed E-state index contributed by atoms with van der Waals surface area (Å²) < 4.78 is 32.7. The lowest BCUT2D eigenvalue weighted by molar-refractivity contribution is 0.0823. The highest BCUT2D eigenvalue weighted by Gasteiger charge is 2.33. The third-order valence-electron chi connectivity index (χ3n) is 3.81. The molecular formula is C15H23Cl2N3O4S. The van der Waals surface area contributed by atoms with Crippen LogP contribution in [-0.2, 0) is 10.0 Å². The van der Waals surface area contributed by atoms with Crippen LogP contribution in [0.5, 0.6) is 5.75 Å². The van der Waals surface area contributed by atoms with Gasteiger partial charge in [0.15, 0.2) is 5.75 Å². The average molecular weight is 412 g/mol. The fraction of sp³-hybridized carbons (Fsp3) is 0.533. The van der Waals surface area contributed by atoms with E-state index in [0.717, 1.165) is 0 Å². The second-order valence-electron chi connectivity index (χ2n) is 5.90. The number of nitrogens with zero attached hydrogens (tertiary/aromatic N) is 2. The molecule has 10 heteroatoms. The van der Waals surface area contributed by atoms with Crippen molar-refractivity contribution in [2.24, 2.45) is 0 Å². The van der Waals surface area contributed by atoms with Crippen LogP contribution >= 0.6 is 24.0 Å². The van der Waals surface area contributed by atoms with Crippen LogP contribution in [-0.4, -0.2) is 70.4 Å². The first-order valence-corrected chi connectivity index (χ1v) is 9.33. The van der Waals surface area contributed by atoms with Crippen molar-refractivity contribution < 1.29 is 17.9 Å². The largest absolute Gasteiger partial charge is 0.494 e. The topological polar surface area (TPSA) is 79.0 Å². The number of amides is 1. The van der Waals surface area contributed by atoms with Gasteiger partial charge in [-0.1, -0.05) is 11.6 Å². The zero-order chi connectivity index (χ0) is 18.1. The van der Waals surface area contributed by atoms with Crippen LogP contribution in [0.4, 0.5) is 0 Å². The Morgan fingerprint density at radius 3 is 2.56 bits per heavy atom. The Balaban J connectivity index is 0.00000312. The van der Waals surface area contributed by atoms with Gasteiger partial charge in [-0.2, -0.15) is 4.31 Å². The molecule has 1 heterocycles. The predicted molar refractivity (Wildman–Crippen MR) is 99.5 cm³/mol. The van der Waals surface area contributed by atoms with Crippen molar-refractivity contribution in [1.82, 2.24) is 14.5 Å². The Labute approximate surface area is 159 Å². The first-order valence-electron chi connectivity index (χ1n) is 7.51. The molecule has 1 atom stereocenters. The number of sulfonamides is 1. The Hall–Kier alpha value is -1.06. The lowest BCUT2D eigenvalue weighted by atomic mass is 10.2. The number of benzene rings is 1. The molecule has 1 aliphatic rings. The standard InChI is InChI=1S/C15H22ClN3O4S.ClH/c1-10-9-19(6-5-17-10)24(21,22)13-8-11(16)7-12(14(13)23-4)15(20)18(2)3;/h7-8,10,17H,5-6,9H2,1-4H3;1H/t10-;/m1./s1. The summed E-state index contributed by atoms with van der Waals surface area (Å²) in [5.74, 6) is -0.358. The van der Waals surface area contributed by atoms with Gasteiger partial charge in [-0.3, -0.25) is 4.79 Å². The molecule has 25 heavy (non-hydrogen) atoms. The zero-order valence-corrected chi connectivity index (χ0v) is 17.0. The van der Waals surface area contributed by atoms with E-state index >= 15 is 0 Å². The van der Waals surface area contributed by atoms with Gasteiger partial charge in [0.05, 0.1) is 12.7 Å². The van der Waals surface area contributed by atoms with E-state index in [1.807, 2.05) is 6.92 Å². The van der Waals surface area contributed by atoms with E-state index in [0.29, 0.717) is 19.6 Å². The minimum Gasteiger partial charge on any atom is -0.494 e. The summed E-state index contributed by atoms with van der Waals surface area (Å²) >= 11 is 6.08. The van der Waals surface area contributed by atoms with E-state index in [9.17, 15) is 13.2 Å². The van der Waals surface area contributed by atoms with Crippen molar-refractivity contribution in [3.8, 4) is 5.75 Å². The maximum absolute atomic E-state index is 13.0. The molecule has 2 rings (SSSR count). The molecule has 1 aromatic carbocycles. The number of rotatable bonds is 4. The van der Waals surface area contributed by atoms with Gasteiger partial charge in [0.1, 0.15) is 4.90 Å². The van der Waals surface area contributed by atoms with Crippen molar-refractivity contribution >= 4 is 39.9 Å².